The van der Waals surface area contributed by atoms with Gasteiger partial charge < -0.3 is 0 Å². The van der Waals surface area contributed by atoms with Crippen molar-refractivity contribution in [1.82, 2.24) is 10.2 Å². The lowest BCUT2D eigenvalue weighted by atomic mass is 10.2. The van der Waals surface area contributed by atoms with Gasteiger partial charge in [0.05, 0.1) is 5.69 Å². The van der Waals surface area contributed by atoms with E-state index in [1.165, 1.54) is 5.56 Å². The summed E-state index contributed by atoms with van der Waals surface area (Å²) in [7, 11) is 0. The zero-order valence-electron chi connectivity index (χ0n) is 7.14. The highest BCUT2D eigenvalue weighted by Gasteiger charge is 1.85. The molecule has 64 valence electrons. The molecule has 0 unspecified atom stereocenters. The standard InChI is InChI=1S/C11H10N2/c1-2-4-10(5-3-1)6-7-11-8-9-12-13-11/h1-9H,(H,12,13)/b7-6+. The molecule has 1 heterocycles. The summed E-state index contributed by atoms with van der Waals surface area (Å²) in [4.78, 5) is 0. The molecular weight excluding hydrogens is 160 g/mol. The monoisotopic (exact) mass is 170 g/mol. The summed E-state index contributed by atoms with van der Waals surface area (Å²) in [5, 5.41) is 6.73. The van der Waals surface area contributed by atoms with Gasteiger partial charge in [-0.3, -0.25) is 5.10 Å². The van der Waals surface area contributed by atoms with Gasteiger partial charge in [-0.2, -0.15) is 5.10 Å². The number of nitrogens with one attached hydrogen (secondary N) is 1. The maximum Gasteiger partial charge on any atom is 0.0577 e. The number of aromatic amines is 1. The summed E-state index contributed by atoms with van der Waals surface area (Å²) in [6, 6.07) is 12.1. The van der Waals surface area contributed by atoms with Crippen LogP contribution in [0, 0.1) is 0 Å². The maximum absolute atomic E-state index is 3.86. The van der Waals surface area contributed by atoms with Crippen molar-refractivity contribution in [2.24, 2.45) is 0 Å². The number of rotatable bonds is 2. The first-order valence-corrected chi connectivity index (χ1v) is 4.18. The number of H-pyrrole nitrogens is 1. The molecule has 0 saturated heterocycles. The lowest BCUT2D eigenvalue weighted by Gasteiger charge is -1.89. The van der Waals surface area contributed by atoms with Crippen molar-refractivity contribution in [2.45, 2.75) is 0 Å². The average Bonchev–Trinajstić information content (AvgIpc) is 2.69. The van der Waals surface area contributed by atoms with Gasteiger partial charge >= 0.3 is 0 Å². The van der Waals surface area contributed by atoms with Crippen molar-refractivity contribution in [3.05, 3.63) is 53.9 Å². The van der Waals surface area contributed by atoms with E-state index in [9.17, 15) is 0 Å². The van der Waals surface area contributed by atoms with Crippen LogP contribution in [-0.2, 0) is 0 Å². The van der Waals surface area contributed by atoms with Gasteiger partial charge in [-0.15, -0.1) is 0 Å². The Bertz CT molecular complexity index is 374. The van der Waals surface area contributed by atoms with Gasteiger partial charge in [-0.05, 0) is 17.7 Å². The molecule has 0 aliphatic carbocycles. The molecule has 2 heteroatoms. The Hall–Kier alpha value is -1.83. The van der Waals surface area contributed by atoms with E-state index in [1.807, 2.05) is 36.4 Å². The molecule has 1 aromatic carbocycles. The lowest BCUT2D eigenvalue weighted by Crippen LogP contribution is -1.71. The normalized spacial score (nSPS) is 10.8. The zero-order chi connectivity index (χ0) is 8.93. The molecule has 13 heavy (non-hydrogen) atoms. The SMILES string of the molecule is C(=C\c1ccn[nH]1)/c1ccccc1. The first-order chi connectivity index (χ1) is 6.45. The molecule has 0 aliphatic heterocycles. The highest BCUT2D eigenvalue weighted by atomic mass is 15.1. The third kappa shape index (κ3) is 2.06. The highest BCUT2D eigenvalue weighted by molar-refractivity contribution is 5.67. The minimum Gasteiger partial charge on any atom is -0.278 e. The van der Waals surface area contributed by atoms with E-state index in [-0.39, 0.29) is 0 Å². The van der Waals surface area contributed by atoms with Crippen molar-refractivity contribution in [1.29, 1.82) is 0 Å². The fourth-order valence-electron chi connectivity index (χ4n) is 1.11. The second-order valence-electron chi connectivity index (χ2n) is 2.76. The molecule has 0 atom stereocenters. The zero-order valence-corrected chi connectivity index (χ0v) is 7.14. The van der Waals surface area contributed by atoms with Gasteiger partial charge in [-0.25, -0.2) is 0 Å². The Kier molecular flexibility index (Phi) is 2.23. The largest absolute Gasteiger partial charge is 0.278 e. The predicted octanol–water partition coefficient (Wildman–Crippen LogP) is 2.58. The molecule has 0 amide bonds. The van der Waals surface area contributed by atoms with Crippen LogP contribution in [0.25, 0.3) is 12.2 Å². The third-order valence-corrected chi connectivity index (χ3v) is 1.78. The van der Waals surface area contributed by atoms with Crippen LogP contribution in [0.3, 0.4) is 0 Å². The van der Waals surface area contributed by atoms with E-state index >= 15 is 0 Å². The number of nitrogens with zero attached hydrogens (tertiary/aromatic N) is 1. The number of hydrogen-bond donors (Lipinski definition) is 1. The van der Waals surface area contributed by atoms with E-state index in [4.69, 9.17) is 0 Å². The summed E-state index contributed by atoms with van der Waals surface area (Å²) in [6.07, 6.45) is 5.79. The van der Waals surface area contributed by atoms with Gasteiger partial charge in [0, 0.05) is 6.20 Å². The summed E-state index contributed by atoms with van der Waals surface area (Å²) >= 11 is 0. The topological polar surface area (TPSA) is 28.7 Å². The molecule has 0 spiro atoms. The van der Waals surface area contributed by atoms with Gasteiger partial charge in [0.15, 0.2) is 0 Å². The second-order valence-corrected chi connectivity index (χ2v) is 2.76. The molecule has 1 aromatic heterocycles. The molecule has 2 nitrogen and oxygen atoms in total. The van der Waals surface area contributed by atoms with Crippen LogP contribution < -0.4 is 0 Å². The first-order valence-electron chi connectivity index (χ1n) is 4.18. The minimum atomic E-state index is 1.02. The summed E-state index contributed by atoms with van der Waals surface area (Å²) in [6.45, 7) is 0. The Balaban J connectivity index is 2.15. The van der Waals surface area contributed by atoms with Crippen molar-refractivity contribution in [2.75, 3.05) is 0 Å². The van der Waals surface area contributed by atoms with Crippen LogP contribution in [0.4, 0.5) is 0 Å². The molecule has 0 saturated carbocycles. The first kappa shape index (κ1) is 7.80. The highest BCUT2D eigenvalue weighted by Crippen LogP contribution is 2.04. The quantitative estimate of drug-likeness (QED) is 0.737. The van der Waals surface area contributed by atoms with Crippen molar-refractivity contribution in [3.8, 4) is 0 Å². The van der Waals surface area contributed by atoms with Gasteiger partial charge in [0.1, 0.15) is 0 Å². The van der Waals surface area contributed by atoms with Crippen LogP contribution in [0.5, 0.6) is 0 Å². The number of benzene rings is 1. The van der Waals surface area contributed by atoms with E-state index in [0.717, 1.165) is 5.69 Å². The number of aromatic nitrogens is 2. The van der Waals surface area contributed by atoms with Crippen LogP contribution in [0.2, 0.25) is 0 Å². The molecule has 2 aromatic rings. The van der Waals surface area contributed by atoms with Crippen molar-refractivity contribution >= 4 is 12.2 Å². The Morgan fingerprint density at radius 1 is 1.00 bits per heavy atom. The molecule has 0 radical (unpaired) electrons. The van der Waals surface area contributed by atoms with Gasteiger partial charge in [0.25, 0.3) is 0 Å². The molecule has 1 N–H and O–H groups in total. The van der Waals surface area contributed by atoms with Crippen molar-refractivity contribution in [3.63, 3.8) is 0 Å². The summed E-state index contributed by atoms with van der Waals surface area (Å²) in [5.74, 6) is 0. The summed E-state index contributed by atoms with van der Waals surface area (Å²) < 4.78 is 0. The lowest BCUT2D eigenvalue weighted by molar-refractivity contribution is 1.08. The van der Waals surface area contributed by atoms with Gasteiger partial charge in [0.2, 0.25) is 0 Å². The van der Waals surface area contributed by atoms with E-state index < -0.39 is 0 Å². The van der Waals surface area contributed by atoms with Crippen LogP contribution in [0.1, 0.15) is 11.3 Å². The molecule has 0 aliphatic rings. The van der Waals surface area contributed by atoms with E-state index in [0.29, 0.717) is 0 Å². The number of hydrogen-bond acceptors (Lipinski definition) is 1. The molecular formula is C11H10N2. The third-order valence-electron chi connectivity index (χ3n) is 1.78. The second kappa shape index (κ2) is 3.72. The summed E-state index contributed by atoms with van der Waals surface area (Å²) in [5.41, 5.74) is 2.21. The Morgan fingerprint density at radius 2 is 1.85 bits per heavy atom. The average molecular weight is 170 g/mol. The van der Waals surface area contributed by atoms with Crippen molar-refractivity contribution < 1.29 is 0 Å². The van der Waals surface area contributed by atoms with Gasteiger partial charge in [-0.1, -0.05) is 36.4 Å². The maximum atomic E-state index is 3.86. The van der Waals surface area contributed by atoms with Crippen LogP contribution in [-0.4, -0.2) is 10.2 Å². The minimum absolute atomic E-state index is 1.02. The predicted molar refractivity (Wildman–Crippen MR) is 54.0 cm³/mol. The molecule has 2 rings (SSSR count). The molecule has 0 bridgehead atoms. The fourth-order valence-corrected chi connectivity index (χ4v) is 1.11. The van der Waals surface area contributed by atoms with E-state index in [2.05, 4.69) is 22.3 Å². The molecule has 0 fully saturated rings. The van der Waals surface area contributed by atoms with Crippen LogP contribution in [0.15, 0.2) is 42.6 Å². The van der Waals surface area contributed by atoms with E-state index in [1.54, 1.807) is 6.20 Å². The smallest absolute Gasteiger partial charge is 0.0577 e. The fraction of sp³-hybridized carbons (Fsp3) is 0. The Labute approximate surface area is 76.9 Å². The Morgan fingerprint density at radius 3 is 2.54 bits per heavy atom. The van der Waals surface area contributed by atoms with Crippen LogP contribution >= 0.6 is 0 Å².